The van der Waals surface area contributed by atoms with Gasteiger partial charge in [-0.1, -0.05) is 39.3 Å². The van der Waals surface area contributed by atoms with E-state index in [0.29, 0.717) is 6.04 Å². The van der Waals surface area contributed by atoms with Crippen LogP contribution in [0.1, 0.15) is 57.0 Å². The van der Waals surface area contributed by atoms with Crippen LogP contribution in [-0.4, -0.2) is 6.54 Å². The highest BCUT2D eigenvalue weighted by molar-refractivity contribution is 7.10. The second kappa shape index (κ2) is 7.52. The van der Waals surface area contributed by atoms with Crippen LogP contribution < -0.4 is 5.32 Å². The zero-order chi connectivity index (χ0) is 13.7. The molecule has 0 saturated heterocycles. The molecule has 1 rings (SSSR count). The minimum atomic E-state index is 0.412. The van der Waals surface area contributed by atoms with Crippen molar-refractivity contribution in [1.82, 2.24) is 5.32 Å². The number of thiophene rings is 1. The van der Waals surface area contributed by atoms with Crippen molar-refractivity contribution in [2.45, 2.75) is 53.5 Å². The average Bonchev–Trinajstić information content (AvgIpc) is 2.58. The summed E-state index contributed by atoms with van der Waals surface area (Å²) in [6.45, 7) is 12.2. The van der Waals surface area contributed by atoms with Gasteiger partial charge >= 0.3 is 0 Å². The SMILES string of the molecule is CCNC(CC(C)CC(C)C)c1scc(C)c1Cl. The summed E-state index contributed by atoms with van der Waals surface area (Å²) in [5.41, 5.74) is 1.20. The summed E-state index contributed by atoms with van der Waals surface area (Å²) >= 11 is 8.19. The van der Waals surface area contributed by atoms with Crippen LogP contribution in [0.15, 0.2) is 5.38 Å². The van der Waals surface area contributed by atoms with Crippen molar-refractivity contribution in [2.24, 2.45) is 11.8 Å². The number of nitrogens with one attached hydrogen (secondary N) is 1. The van der Waals surface area contributed by atoms with E-state index in [-0.39, 0.29) is 0 Å². The first kappa shape index (κ1) is 16.0. The number of halogens is 1. The fourth-order valence-corrected chi connectivity index (χ4v) is 3.93. The number of aryl methyl sites for hydroxylation is 1. The molecule has 0 saturated carbocycles. The van der Waals surface area contributed by atoms with Crippen LogP contribution in [0.3, 0.4) is 0 Å². The maximum Gasteiger partial charge on any atom is 0.0590 e. The van der Waals surface area contributed by atoms with Gasteiger partial charge in [0.25, 0.3) is 0 Å². The molecule has 1 aromatic heterocycles. The molecule has 2 atom stereocenters. The third-order valence-corrected chi connectivity index (χ3v) is 5.03. The summed E-state index contributed by atoms with van der Waals surface area (Å²) < 4.78 is 0. The summed E-state index contributed by atoms with van der Waals surface area (Å²) in [5, 5.41) is 6.71. The van der Waals surface area contributed by atoms with Crippen LogP contribution in [0, 0.1) is 18.8 Å². The van der Waals surface area contributed by atoms with Crippen molar-refractivity contribution >= 4 is 22.9 Å². The molecule has 0 spiro atoms. The van der Waals surface area contributed by atoms with Gasteiger partial charge in [-0.25, -0.2) is 0 Å². The van der Waals surface area contributed by atoms with Gasteiger partial charge in [-0.05, 0) is 49.1 Å². The molecule has 3 heteroatoms. The van der Waals surface area contributed by atoms with E-state index in [1.807, 2.05) is 0 Å². The lowest BCUT2D eigenvalue weighted by Gasteiger charge is -2.22. The van der Waals surface area contributed by atoms with Gasteiger partial charge in [0.15, 0.2) is 0 Å². The van der Waals surface area contributed by atoms with Gasteiger partial charge in [0.1, 0.15) is 0 Å². The first-order chi connectivity index (χ1) is 8.45. The van der Waals surface area contributed by atoms with E-state index in [2.05, 4.69) is 45.3 Å². The summed E-state index contributed by atoms with van der Waals surface area (Å²) in [5.74, 6) is 1.50. The molecule has 1 aromatic rings. The largest absolute Gasteiger partial charge is 0.309 e. The highest BCUT2D eigenvalue weighted by Gasteiger charge is 2.20. The summed E-state index contributed by atoms with van der Waals surface area (Å²) in [4.78, 5) is 1.31. The van der Waals surface area contributed by atoms with E-state index in [9.17, 15) is 0 Å². The molecule has 1 N–H and O–H groups in total. The quantitative estimate of drug-likeness (QED) is 0.705. The molecule has 0 radical (unpaired) electrons. The number of rotatable bonds is 7. The van der Waals surface area contributed by atoms with E-state index in [0.717, 1.165) is 23.4 Å². The zero-order valence-electron chi connectivity index (χ0n) is 12.2. The maximum absolute atomic E-state index is 6.40. The lowest BCUT2D eigenvalue weighted by molar-refractivity contribution is 0.362. The van der Waals surface area contributed by atoms with E-state index in [4.69, 9.17) is 11.6 Å². The van der Waals surface area contributed by atoms with E-state index in [1.165, 1.54) is 23.3 Å². The molecule has 0 aliphatic heterocycles. The topological polar surface area (TPSA) is 12.0 Å². The summed E-state index contributed by atoms with van der Waals surface area (Å²) in [6, 6.07) is 0.412. The molecule has 0 bridgehead atoms. The second-order valence-electron chi connectivity index (χ2n) is 5.68. The molecule has 0 aromatic carbocycles. The van der Waals surface area contributed by atoms with Crippen LogP contribution in [0.4, 0.5) is 0 Å². The van der Waals surface area contributed by atoms with Gasteiger partial charge < -0.3 is 5.32 Å². The fourth-order valence-electron chi connectivity index (χ4n) is 2.52. The molecular formula is C15H26ClNS. The molecule has 0 aliphatic rings. The van der Waals surface area contributed by atoms with Crippen molar-refractivity contribution in [1.29, 1.82) is 0 Å². The zero-order valence-corrected chi connectivity index (χ0v) is 13.8. The van der Waals surface area contributed by atoms with E-state index in [1.54, 1.807) is 11.3 Å². The molecule has 0 aliphatic carbocycles. The highest BCUT2D eigenvalue weighted by atomic mass is 35.5. The van der Waals surface area contributed by atoms with Crippen molar-refractivity contribution in [3.05, 3.63) is 20.8 Å². The standard InChI is InChI=1S/C15H26ClNS/c1-6-17-13(8-11(4)7-10(2)3)15-14(16)12(5)9-18-15/h9-11,13,17H,6-8H2,1-5H3. The Morgan fingerprint density at radius 3 is 2.39 bits per heavy atom. The Kier molecular flexibility index (Phi) is 6.68. The van der Waals surface area contributed by atoms with Crippen LogP contribution in [0.5, 0.6) is 0 Å². The smallest absolute Gasteiger partial charge is 0.0590 e. The van der Waals surface area contributed by atoms with Gasteiger partial charge in [-0.2, -0.15) is 0 Å². The van der Waals surface area contributed by atoms with Gasteiger partial charge in [0.05, 0.1) is 5.02 Å². The lowest BCUT2D eigenvalue weighted by Crippen LogP contribution is -2.22. The van der Waals surface area contributed by atoms with Gasteiger partial charge in [-0.3, -0.25) is 0 Å². The normalized spacial score (nSPS) is 15.1. The van der Waals surface area contributed by atoms with Gasteiger partial charge in [-0.15, -0.1) is 11.3 Å². The Morgan fingerprint density at radius 1 is 1.28 bits per heavy atom. The van der Waals surface area contributed by atoms with Gasteiger partial charge in [0, 0.05) is 10.9 Å². The number of hydrogen-bond donors (Lipinski definition) is 1. The minimum Gasteiger partial charge on any atom is -0.309 e. The molecular weight excluding hydrogens is 262 g/mol. The fraction of sp³-hybridized carbons (Fsp3) is 0.733. The molecule has 1 heterocycles. The Hall–Kier alpha value is -0.0500. The molecule has 0 amide bonds. The Bertz CT molecular complexity index is 359. The van der Waals surface area contributed by atoms with Crippen molar-refractivity contribution in [3.8, 4) is 0 Å². The Morgan fingerprint density at radius 2 is 1.94 bits per heavy atom. The maximum atomic E-state index is 6.40. The van der Waals surface area contributed by atoms with Crippen molar-refractivity contribution in [2.75, 3.05) is 6.54 Å². The molecule has 18 heavy (non-hydrogen) atoms. The van der Waals surface area contributed by atoms with Crippen LogP contribution in [0.2, 0.25) is 5.02 Å². The monoisotopic (exact) mass is 287 g/mol. The van der Waals surface area contributed by atoms with Gasteiger partial charge in [0.2, 0.25) is 0 Å². The lowest BCUT2D eigenvalue weighted by atomic mass is 9.92. The highest BCUT2D eigenvalue weighted by Crippen LogP contribution is 2.36. The first-order valence-corrected chi connectivity index (χ1v) is 8.18. The second-order valence-corrected chi connectivity index (χ2v) is 6.97. The van der Waals surface area contributed by atoms with Crippen LogP contribution in [-0.2, 0) is 0 Å². The minimum absolute atomic E-state index is 0.412. The van der Waals surface area contributed by atoms with E-state index < -0.39 is 0 Å². The molecule has 0 fully saturated rings. The first-order valence-electron chi connectivity index (χ1n) is 6.92. The predicted molar refractivity (Wildman–Crippen MR) is 83.7 cm³/mol. The van der Waals surface area contributed by atoms with Crippen molar-refractivity contribution < 1.29 is 0 Å². The predicted octanol–water partition coefficient (Wildman–Crippen LogP) is 5.43. The van der Waals surface area contributed by atoms with Crippen molar-refractivity contribution in [3.63, 3.8) is 0 Å². The average molecular weight is 288 g/mol. The number of hydrogen-bond acceptors (Lipinski definition) is 2. The Balaban J connectivity index is 2.73. The van der Waals surface area contributed by atoms with Crippen LogP contribution in [0.25, 0.3) is 0 Å². The molecule has 2 unspecified atom stereocenters. The van der Waals surface area contributed by atoms with E-state index >= 15 is 0 Å². The molecule has 104 valence electrons. The third kappa shape index (κ3) is 4.56. The Labute approximate surface area is 121 Å². The summed E-state index contributed by atoms with van der Waals surface area (Å²) in [7, 11) is 0. The molecule has 1 nitrogen and oxygen atoms in total. The summed E-state index contributed by atoms with van der Waals surface area (Å²) in [6.07, 6.45) is 2.45. The van der Waals surface area contributed by atoms with Crippen LogP contribution >= 0.6 is 22.9 Å². The third-order valence-electron chi connectivity index (χ3n) is 3.20.